The summed E-state index contributed by atoms with van der Waals surface area (Å²) in [5, 5.41) is 22.5. The topological polar surface area (TPSA) is 46.9 Å². The molecule has 0 aliphatic carbocycles. The van der Waals surface area contributed by atoms with Crippen molar-refractivity contribution in [3.05, 3.63) is 53.7 Å². The molecule has 0 spiro atoms. The maximum atomic E-state index is 11.4. The molecular weight excluding hydrogens is 650 g/mol. The highest BCUT2D eigenvalue weighted by Gasteiger charge is 2.43. The van der Waals surface area contributed by atoms with Gasteiger partial charge >= 0.3 is 0 Å². The lowest BCUT2D eigenvalue weighted by Crippen LogP contribution is -2.37. The van der Waals surface area contributed by atoms with Crippen LogP contribution in [0.5, 0.6) is 11.5 Å². The Labute approximate surface area is 232 Å². The average Bonchev–Trinajstić information content (AvgIpc) is 3.08. The molecule has 2 N–H and O–H groups in total. The summed E-state index contributed by atoms with van der Waals surface area (Å²) >= 11 is 4.59. The highest BCUT2D eigenvalue weighted by molar-refractivity contribution is 14.1. The third kappa shape index (κ3) is 5.25. The van der Waals surface area contributed by atoms with Gasteiger partial charge in [-0.15, -0.1) is 0 Å². The van der Waals surface area contributed by atoms with Crippen molar-refractivity contribution in [1.82, 2.24) is 9.80 Å². The van der Waals surface area contributed by atoms with Gasteiger partial charge in [-0.1, -0.05) is 60.1 Å². The van der Waals surface area contributed by atoms with Gasteiger partial charge in [0.2, 0.25) is 0 Å². The lowest BCUT2D eigenvalue weighted by Gasteiger charge is -2.36. The van der Waals surface area contributed by atoms with Crippen LogP contribution < -0.4 is 0 Å². The lowest BCUT2D eigenvalue weighted by molar-refractivity contribution is 0.0949. The number of piperidine rings is 1. The zero-order valence-corrected chi connectivity index (χ0v) is 25.6. The van der Waals surface area contributed by atoms with E-state index in [0.717, 1.165) is 36.9 Å². The van der Waals surface area contributed by atoms with Crippen molar-refractivity contribution in [2.24, 2.45) is 0 Å². The van der Waals surface area contributed by atoms with Crippen LogP contribution >= 0.6 is 45.2 Å². The lowest BCUT2D eigenvalue weighted by atomic mass is 9.79. The normalized spacial score (nSPS) is 22.2. The number of hydrogen-bond donors (Lipinski definition) is 2. The first-order valence-electron chi connectivity index (χ1n) is 12.3. The van der Waals surface area contributed by atoms with E-state index in [9.17, 15) is 10.2 Å². The molecule has 6 heteroatoms. The summed E-state index contributed by atoms with van der Waals surface area (Å²) in [4.78, 5) is 5.06. The van der Waals surface area contributed by atoms with Gasteiger partial charge in [-0.2, -0.15) is 0 Å². The Kier molecular flexibility index (Phi) is 7.56. The van der Waals surface area contributed by atoms with Gasteiger partial charge in [0.15, 0.2) is 0 Å². The van der Waals surface area contributed by atoms with Crippen molar-refractivity contribution in [1.29, 1.82) is 0 Å². The molecule has 2 saturated heterocycles. The molecule has 2 atom stereocenters. The number of rotatable bonds is 3. The summed E-state index contributed by atoms with van der Waals surface area (Å²) in [6.07, 6.45) is 3.66. The van der Waals surface area contributed by atoms with Crippen LogP contribution in [0.25, 0.3) is 0 Å². The Morgan fingerprint density at radius 2 is 1.62 bits per heavy atom. The molecule has 2 aliphatic heterocycles. The fourth-order valence-electron chi connectivity index (χ4n) is 5.47. The molecule has 0 saturated carbocycles. The minimum absolute atomic E-state index is 0.00568. The molecule has 2 heterocycles. The number of halogens is 2. The number of phenolic OH excluding ortho intramolecular Hbond substituents is 2. The monoisotopic (exact) mass is 688 g/mol. The molecule has 2 aromatic carbocycles. The second kappa shape index (κ2) is 9.71. The van der Waals surface area contributed by atoms with Crippen molar-refractivity contribution >= 4 is 45.2 Å². The van der Waals surface area contributed by atoms with Crippen molar-refractivity contribution in [3.8, 4) is 11.5 Å². The number of hydrogen-bond acceptors (Lipinski definition) is 4. The number of fused-ring (bicyclic) bond motifs is 1. The van der Waals surface area contributed by atoms with Gasteiger partial charge in [0, 0.05) is 40.4 Å². The van der Waals surface area contributed by atoms with Gasteiger partial charge in [-0.05, 0) is 92.1 Å². The first kappa shape index (κ1) is 26.5. The molecular formula is C28H38I2N2O2. The van der Waals surface area contributed by atoms with Gasteiger partial charge in [0.1, 0.15) is 11.5 Å². The van der Waals surface area contributed by atoms with Crippen molar-refractivity contribution in [2.45, 2.75) is 90.4 Å². The predicted molar refractivity (Wildman–Crippen MR) is 157 cm³/mol. The van der Waals surface area contributed by atoms with E-state index in [1.165, 1.54) is 24.8 Å². The van der Waals surface area contributed by atoms with Gasteiger partial charge < -0.3 is 10.2 Å². The molecule has 2 aromatic rings. The number of nitrogens with zero attached hydrogens (tertiary/aromatic N) is 2. The Bertz CT molecular complexity index is 1070. The van der Waals surface area contributed by atoms with E-state index in [1.54, 1.807) is 0 Å². The molecule has 2 unspecified atom stereocenters. The first-order chi connectivity index (χ1) is 15.8. The Morgan fingerprint density at radius 3 is 2.26 bits per heavy atom. The average molecular weight is 688 g/mol. The second-order valence-corrected chi connectivity index (χ2v) is 14.5. The third-order valence-corrected chi connectivity index (χ3v) is 8.80. The maximum absolute atomic E-state index is 11.4. The summed E-state index contributed by atoms with van der Waals surface area (Å²) < 4.78 is 2.04. The number of benzene rings is 2. The van der Waals surface area contributed by atoms with Gasteiger partial charge in [0.25, 0.3) is 0 Å². The van der Waals surface area contributed by atoms with Crippen LogP contribution in [-0.4, -0.2) is 39.1 Å². The fraction of sp³-hybridized carbons (Fsp3) is 0.571. The standard InChI is InChI=1S/C28H38I2N2O2/c1-27(2,3)18-11-17(24(33)22(12-18)28(4,5)6)15-31-16-20-9-7-8-10-32(20)26(31)21-13-19(29)14-23(30)25(21)34/h11-14,20,26,33-34H,7-10,15-16H2,1-6H3. The molecule has 0 bridgehead atoms. The number of phenols is 2. The molecule has 0 radical (unpaired) electrons. The van der Waals surface area contributed by atoms with Crippen LogP contribution in [0.4, 0.5) is 0 Å². The highest BCUT2D eigenvalue weighted by atomic mass is 127. The van der Waals surface area contributed by atoms with Crippen molar-refractivity contribution in [2.75, 3.05) is 13.1 Å². The van der Waals surface area contributed by atoms with Crippen LogP contribution in [0.2, 0.25) is 0 Å². The summed E-state index contributed by atoms with van der Waals surface area (Å²) in [5.41, 5.74) is 4.09. The number of aromatic hydroxyl groups is 2. The van der Waals surface area contributed by atoms with Gasteiger partial charge in [0.05, 0.1) is 9.74 Å². The quantitative estimate of drug-likeness (QED) is 0.334. The summed E-state index contributed by atoms with van der Waals surface area (Å²) in [5.74, 6) is 0.816. The van der Waals surface area contributed by atoms with Crippen LogP contribution in [0.3, 0.4) is 0 Å². The van der Waals surface area contributed by atoms with Crippen molar-refractivity contribution < 1.29 is 10.2 Å². The smallest absolute Gasteiger partial charge is 0.135 e. The molecule has 0 amide bonds. The molecule has 0 aromatic heterocycles. The minimum Gasteiger partial charge on any atom is -0.507 e. The molecule has 34 heavy (non-hydrogen) atoms. The zero-order chi connectivity index (χ0) is 25.0. The Morgan fingerprint density at radius 1 is 0.912 bits per heavy atom. The molecule has 4 nitrogen and oxygen atoms in total. The van der Waals surface area contributed by atoms with E-state index >= 15 is 0 Å². The highest BCUT2D eigenvalue weighted by Crippen LogP contribution is 2.45. The van der Waals surface area contributed by atoms with Crippen LogP contribution in [0.15, 0.2) is 24.3 Å². The zero-order valence-electron chi connectivity index (χ0n) is 21.3. The van der Waals surface area contributed by atoms with E-state index in [-0.39, 0.29) is 17.0 Å². The second-order valence-electron chi connectivity index (χ2n) is 12.0. The largest absolute Gasteiger partial charge is 0.507 e. The molecule has 4 rings (SSSR count). The van der Waals surface area contributed by atoms with Gasteiger partial charge in [-0.25, -0.2) is 0 Å². The SMILES string of the molecule is CC(C)(C)c1cc(CN2CC3CCCCN3C2c2cc(I)cc(I)c2O)c(O)c(C(C)(C)C)c1. The summed E-state index contributed by atoms with van der Waals surface area (Å²) in [6, 6.07) is 9.05. The first-order valence-corrected chi connectivity index (χ1v) is 14.5. The summed E-state index contributed by atoms with van der Waals surface area (Å²) in [6.45, 7) is 15.9. The van der Waals surface area contributed by atoms with E-state index in [4.69, 9.17) is 0 Å². The van der Waals surface area contributed by atoms with Crippen molar-refractivity contribution in [3.63, 3.8) is 0 Å². The minimum atomic E-state index is -0.147. The van der Waals surface area contributed by atoms with Gasteiger partial charge in [-0.3, -0.25) is 9.80 Å². The molecule has 2 aliphatic rings. The van der Waals surface area contributed by atoms with E-state index in [1.807, 2.05) is 6.07 Å². The molecule has 186 valence electrons. The Hall–Kier alpha value is -0.580. The van der Waals surface area contributed by atoms with E-state index in [0.29, 0.717) is 24.1 Å². The Balaban J connectivity index is 1.81. The predicted octanol–water partition coefficient (Wildman–Crippen LogP) is 7.27. The van der Waals surface area contributed by atoms with Crippen LogP contribution in [-0.2, 0) is 17.4 Å². The van der Waals surface area contributed by atoms with E-state index < -0.39 is 0 Å². The fourth-order valence-corrected chi connectivity index (χ4v) is 7.36. The van der Waals surface area contributed by atoms with E-state index in [2.05, 4.69) is 115 Å². The molecule has 2 fully saturated rings. The summed E-state index contributed by atoms with van der Waals surface area (Å²) in [7, 11) is 0. The van der Waals surface area contributed by atoms with Crippen LogP contribution in [0.1, 0.15) is 89.2 Å². The van der Waals surface area contributed by atoms with Crippen LogP contribution in [0, 0.1) is 7.14 Å². The third-order valence-electron chi connectivity index (χ3n) is 7.35. The maximum Gasteiger partial charge on any atom is 0.135 e.